The summed E-state index contributed by atoms with van der Waals surface area (Å²) in [5.41, 5.74) is 4.20. The van der Waals surface area contributed by atoms with Gasteiger partial charge in [-0.05, 0) is 36.6 Å². The molecule has 1 nitrogen and oxygen atoms in total. The number of hydrogen-bond acceptors (Lipinski definition) is 1. The van der Waals surface area contributed by atoms with E-state index < -0.39 is 0 Å². The van der Waals surface area contributed by atoms with E-state index >= 15 is 0 Å². The summed E-state index contributed by atoms with van der Waals surface area (Å²) in [5, 5.41) is 0. The van der Waals surface area contributed by atoms with Gasteiger partial charge in [0.25, 0.3) is 0 Å². The quantitative estimate of drug-likeness (QED) is 0.757. The van der Waals surface area contributed by atoms with Crippen LogP contribution in [0, 0.1) is 0 Å². The minimum atomic E-state index is 0.620. The largest absolute Gasteiger partial charge is 0.338 e. The van der Waals surface area contributed by atoms with Gasteiger partial charge in [0.1, 0.15) is 0 Å². The van der Waals surface area contributed by atoms with Crippen LogP contribution in [0.1, 0.15) is 25.3 Å². The standard InChI is InChI=1S/C17H19N/c1-2-8-16-13-14-9-6-7-12-17(14)18(16)15-10-4-3-5-11-15/h3-7,9-12,16H,2,8,13H2,1H3. The highest BCUT2D eigenvalue weighted by Gasteiger charge is 2.28. The Morgan fingerprint density at radius 3 is 2.50 bits per heavy atom. The van der Waals surface area contributed by atoms with Crippen LogP contribution >= 0.6 is 0 Å². The number of para-hydroxylation sites is 2. The Morgan fingerprint density at radius 1 is 1.00 bits per heavy atom. The van der Waals surface area contributed by atoms with Crippen LogP contribution in [0.25, 0.3) is 0 Å². The second kappa shape index (κ2) is 4.85. The van der Waals surface area contributed by atoms with Gasteiger partial charge in [0, 0.05) is 17.4 Å². The Bertz CT molecular complexity index is 518. The van der Waals surface area contributed by atoms with E-state index in [1.54, 1.807) is 0 Å². The van der Waals surface area contributed by atoms with E-state index in [4.69, 9.17) is 0 Å². The molecule has 3 rings (SSSR count). The van der Waals surface area contributed by atoms with Crippen molar-refractivity contribution < 1.29 is 0 Å². The summed E-state index contributed by atoms with van der Waals surface area (Å²) < 4.78 is 0. The van der Waals surface area contributed by atoms with Gasteiger partial charge in [0.15, 0.2) is 0 Å². The van der Waals surface area contributed by atoms with Crippen LogP contribution in [0.15, 0.2) is 54.6 Å². The Morgan fingerprint density at radius 2 is 1.72 bits per heavy atom. The Balaban J connectivity index is 2.03. The number of fused-ring (bicyclic) bond motifs is 1. The molecular weight excluding hydrogens is 218 g/mol. The lowest BCUT2D eigenvalue weighted by molar-refractivity contribution is 0.614. The van der Waals surface area contributed by atoms with E-state index in [1.165, 1.54) is 36.2 Å². The van der Waals surface area contributed by atoms with Crippen molar-refractivity contribution in [3.8, 4) is 0 Å². The summed E-state index contributed by atoms with van der Waals surface area (Å²) in [6.45, 7) is 2.27. The molecule has 18 heavy (non-hydrogen) atoms. The van der Waals surface area contributed by atoms with Gasteiger partial charge in [-0.2, -0.15) is 0 Å². The van der Waals surface area contributed by atoms with Gasteiger partial charge in [-0.25, -0.2) is 0 Å². The average Bonchev–Trinajstić information content (AvgIpc) is 2.78. The molecule has 2 aromatic rings. The molecule has 0 saturated carbocycles. The summed E-state index contributed by atoms with van der Waals surface area (Å²) in [6, 6.07) is 20.2. The summed E-state index contributed by atoms with van der Waals surface area (Å²) in [6.07, 6.45) is 3.67. The lowest BCUT2D eigenvalue weighted by atomic mass is 10.1. The smallest absolute Gasteiger partial charge is 0.0446 e. The molecule has 1 aliphatic rings. The van der Waals surface area contributed by atoms with Crippen molar-refractivity contribution in [2.45, 2.75) is 32.2 Å². The van der Waals surface area contributed by atoms with Gasteiger partial charge in [0.05, 0.1) is 0 Å². The molecule has 0 radical (unpaired) electrons. The maximum Gasteiger partial charge on any atom is 0.0446 e. The van der Waals surface area contributed by atoms with Crippen molar-refractivity contribution in [3.63, 3.8) is 0 Å². The molecule has 2 aromatic carbocycles. The molecule has 0 saturated heterocycles. The number of nitrogens with zero attached hydrogens (tertiary/aromatic N) is 1. The SMILES string of the molecule is CCCC1Cc2ccccc2N1c1ccccc1. The molecule has 0 amide bonds. The number of hydrogen-bond donors (Lipinski definition) is 0. The third-order valence-electron chi connectivity index (χ3n) is 3.73. The topological polar surface area (TPSA) is 3.24 Å². The van der Waals surface area contributed by atoms with E-state index in [0.717, 1.165) is 0 Å². The molecule has 1 heterocycles. The first-order chi connectivity index (χ1) is 8.90. The number of rotatable bonds is 3. The van der Waals surface area contributed by atoms with Gasteiger partial charge in [0.2, 0.25) is 0 Å². The molecule has 1 heteroatoms. The van der Waals surface area contributed by atoms with E-state index in [9.17, 15) is 0 Å². The van der Waals surface area contributed by atoms with Crippen molar-refractivity contribution in [1.82, 2.24) is 0 Å². The summed E-state index contributed by atoms with van der Waals surface area (Å²) in [7, 11) is 0. The van der Waals surface area contributed by atoms with E-state index in [-0.39, 0.29) is 0 Å². The minimum absolute atomic E-state index is 0.620. The zero-order chi connectivity index (χ0) is 12.4. The number of benzene rings is 2. The van der Waals surface area contributed by atoms with Gasteiger partial charge in [-0.1, -0.05) is 49.7 Å². The summed E-state index contributed by atoms with van der Waals surface area (Å²) in [4.78, 5) is 2.51. The van der Waals surface area contributed by atoms with Gasteiger partial charge in [-0.15, -0.1) is 0 Å². The highest BCUT2D eigenvalue weighted by molar-refractivity contribution is 5.70. The summed E-state index contributed by atoms with van der Waals surface area (Å²) >= 11 is 0. The number of anilines is 2. The molecule has 1 unspecified atom stereocenters. The Labute approximate surface area is 109 Å². The monoisotopic (exact) mass is 237 g/mol. The fourth-order valence-electron chi connectivity index (χ4n) is 2.96. The van der Waals surface area contributed by atoms with Crippen LogP contribution in [0.5, 0.6) is 0 Å². The predicted octanol–water partition coefficient (Wildman–Crippen LogP) is 4.55. The second-order valence-electron chi connectivity index (χ2n) is 4.98. The molecule has 92 valence electrons. The lowest BCUT2D eigenvalue weighted by Crippen LogP contribution is -2.26. The van der Waals surface area contributed by atoms with Gasteiger partial charge >= 0.3 is 0 Å². The third kappa shape index (κ3) is 1.90. The molecule has 0 aliphatic carbocycles. The maximum absolute atomic E-state index is 2.51. The van der Waals surface area contributed by atoms with Crippen molar-refractivity contribution in [3.05, 3.63) is 60.2 Å². The highest BCUT2D eigenvalue weighted by Crippen LogP contribution is 2.39. The highest BCUT2D eigenvalue weighted by atomic mass is 15.2. The van der Waals surface area contributed by atoms with Crippen LogP contribution in [0.4, 0.5) is 11.4 Å². The predicted molar refractivity (Wildman–Crippen MR) is 77.4 cm³/mol. The normalized spacial score (nSPS) is 17.8. The molecule has 0 bridgehead atoms. The van der Waals surface area contributed by atoms with Gasteiger partial charge < -0.3 is 4.90 Å². The minimum Gasteiger partial charge on any atom is -0.338 e. The Hall–Kier alpha value is -1.76. The van der Waals surface area contributed by atoms with Crippen molar-refractivity contribution in [1.29, 1.82) is 0 Å². The molecule has 1 aliphatic heterocycles. The van der Waals surface area contributed by atoms with Crippen molar-refractivity contribution in [2.75, 3.05) is 4.90 Å². The summed E-state index contributed by atoms with van der Waals surface area (Å²) in [5.74, 6) is 0. The Kier molecular flexibility index (Phi) is 3.06. The van der Waals surface area contributed by atoms with Crippen LogP contribution in [-0.2, 0) is 6.42 Å². The van der Waals surface area contributed by atoms with Crippen LogP contribution < -0.4 is 4.90 Å². The molecule has 0 fully saturated rings. The van der Waals surface area contributed by atoms with Crippen LogP contribution in [0.2, 0.25) is 0 Å². The van der Waals surface area contributed by atoms with E-state index in [0.29, 0.717) is 6.04 Å². The van der Waals surface area contributed by atoms with E-state index in [2.05, 4.69) is 66.4 Å². The van der Waals surface area contributed by atoms with Gasteiger partial charge in [-0.3, -0.25) is 0 Å². The molecule has 0 aromatic heterocycles. The average molecular weight is 237 g/mol. The first-order valence-corrected chi connectivity index (χ1v) is 6.82. The first-order valence-electron chi connectivity index (χ1n) is 6.82. The molecule has 0 spiro atoms. The fraction of sp³-hybridized carbons (Fsp3) is 0.294. The molecule has 0 N–H and O–H groups in total. The van der Waals surface area contributed by atoms with Crippen LogP contribution in [0.3, 0.4) is 0 Å². The van der Waals surface area contributed by atoms with Crippen LogP contribution in [-0.4, -0.2) is 6.04 Å². The third-order valence-corrected chi connectivity index (χ3v) is 3.73. The lowest BCUT2D eigenvalue weighted by Gasteiger charge is -2.27. The first kappa shape index (κ1) is 11.3. The molecular formula is C17H19N. The zero-order valence-corrected chi connectivity index (χ0v) is 10.8. The zero-order valence-electron chi connectivity index (χ0n) is 10.8. The van der Waals surface area contributed by atoms with E-state index in [1.807, 2.05) is 0 Å². The maximum atomic E-state index is 2.51. The van der Waals surface area contributed by atoms with Crippen molar-refractivity contribution in [2.24, 2.45) is 0 Å². The molecule has 1 atom stereocenters. The second-order valence-corrected chi connectivity index (χ2v) is 4.98. The van der Waals surface area contributed by atoms with Crippen molar-refractivity contribution >= 4 is 11.4 Å². The fourth-order valence-corrected chi connectivity index (χ4v) is 2.96.